The summed E-state index contributed by atoms with van der Waals surface area (Å²) in [6.07, 6.45) is 0. The fraction of sp³-hybridized carbons (Fsp3) is 0.222. The summed E-state index contributed by atoms with van der Waals surface area (Å²) in [4.78, 5) is 21.5. The van der Waals surface area contributed by atoms with Crippen LogP contribution in [0.5, 0.6) is 0 Å². The van der Waals surface area contributed by atoms with E-state index in [1.807, 2.05) is 0 Å². The molecule has 0 aromatic heterocycles. The molecule has 6 heteroatoms. The number of halogens is 1. The molecule has 0 aliphatic carbocycles. The van der Waals surface area contributed by atoms with E-state index in [-0.39, 0.29) is 11.3 Å². The Bertz CT molecular complexity index is 430. The minimum absolute atomic E-state index is 0.0387. The Morgan fingerprint density at radius 1 is 1.53 bits per heavy atom. The maximum absolute atomic E-state index is 11.3. The summed E-state index contributed by atoms with van der Waals surface area (Å²) >= 11 is 3.16. The van der Waals surface area contributed by atoms with E-state index in [2.05, 4.69) is 20.7 Å². The topological polar surface area (TPSA) is 69.4 Å². The molecule has 0 saturated carbocycles. The van der Waals surface area contributed by atoms with Crippen LogP contribution >= 0.6 is 15.9 Å². The van der Waals surface area contributed by atoms with Crippen LogP contribution in [0.3, 0.4) is 0 Å². The number of ether oxygens (including phenoxy) is 1. The van der Waals surface area contributed by atoms with Crippen LogP contribution in [0.2, 0.25) is 0 Å². The number of carbonyl (C=O) groups is 1. The van der Waals surface area contributed by atoms with E-state index < -0.39 is 10.9 Å². The zero-order valence-electron chi connectivity index (χ0n) is 8.11. The number of rotatable bonds is 2. The van der Waals surface area contributed by atoms with E-state index in [9.17, 15) is 14.9 Å². The first-order valence-corrected chi connectivity index (χ1v) is 4.80. The minimum Gasteiger partial charge on any atom is -0.465 e. The van der Waals surface area contributed by atoms with E-state index in [0.29, 0.717) is 10.0 Å². The van der Waals surface area contributed by atoms with Crippen molar-refractivity contribution in [1.29, 1.82) is 0 Å². The van der Waals surface area contributed by atoms with Crippen molar-refractivity contribution >= 4 is 27.6 Å². The lowest BCUT2D eigenvalue weighted by Crippen LogP contribution is -2.07. The van der Waals surface area contributed by atoms with E-state index in [4.69, 9.17) is 0 Å². The largest absolute Gasteiger partial charge is 0.465 e. The molecule has 15 heavy (non-hydrogen) atoms. The van der Waals surface area contributed by atoms with Gasteiger partial charge in [-0.15, -0.1) is 0 Å². The number of hydrogen-bond acceptors (Lipinski definition) is 4. The number of esters is 1. The predicted molar refractivity (Wildman–Crippen MR) is 56.9 cm³/mol. The third kappa shape index (κ3) is 2.15. The average Bonchev–Trinajstić information content (AvgIpc) is 2.20. The summed E-state index contributed by atoms with van der Waals surface area (Å²) in [5.41, 5.74) is 0.141. The Kier molecular flexibility index (Phi) is 3.41. The molecule has 0 saturated heterocycles. The summed E-state index contributed by atoms with van der Waals surface area (Å²) in [6, 6.07) is 2.94. The van der Waals surface area contributed by atoms with Gasteiger partial charge < -0.3 is 4.74 Å². The molecule has 1 aromatic carbocycles. The quantitative estimate of drug-likeness (QED) is 0.472. The van der Waals surface area contributed by atoms with Gasteiger partial charge >= 0.3 is 5.97 Å². The van der Waals surface area contributed by atoms with Crippen LogP contribution in [0.15, 0.2) is 16.6 Å². The monoisotopic (exact) mass is 273 g/mol. The fourth-order valence-corrected chi connectivity index (χ4v) is 1.51. The molecule has 0 amide bonds. The van der Waals surface area contributed by atoms with Gasteiger partial charge in [-0.3, -0.25) is 10.1 Å². The first kappa shape index (κ1) is 11.6. The molecule has 0 aliphatic heterocycles. The summed E-state index contributed by atoms with van der Waals surface area (Å²) < 4.78 is 5.05. The van der Waals surface area contributed by atoms with Gasteiger partial charge in [-0.1, -0.05) is 15.9 Å². The van der Waals surface area contributed by atoms with E-state index in [1.165, 1.54) is 13.2 Å². The molecule has 0 spiro atoms. The fourth-order valence-electron chi connectivity index (χ4n) is 1.19. The summed E-state index contributed by atoms with van der Waals surface area (Å²) in [5, 5.41) is 10.8. The van der Waals surface area contributed by atoms with Gasteiger partial charge in [0.1, 0.15) is 5.56 Å². The second-order valence-corrected chi connectivity index (χ2v) is 3.67. The first-order chi connectivity index (χ1) is 6.99. The number of nitro benzene ring substituents is 1. The molecular formula is C9H8BrNO4. The van der Waals surface area contributed by atoms with Gasteiger partial charge in [0.2, 0.25) is 0 Å². The minimum atomic E-state index is -0.711. The van der Waals surface area contributed by atoms with Crippen LogP contribution in [0, 0.1) is 17.0 Å². The Balaban J connectivity index is 3.46. The smallest absolute Gasteiger partial charge is 0.344 e. The van der Waals surface area contributed by atoms with Crippen LogP contribution in [-0.4, -0.2) is 18.0 Å². The number of nitrogens with zero attached hydrogens (tertiary/aromatic N) is 1. The van der Waals surface area contributed by atoms with Gasteiger partial charge in [-0.2, -0.15) is 0 Å². The summed E-state index contributed by atoms with van der Waals surface area (Å²) in [7, 11) is 1.18. The van der Waals surface area contributed by atoms with Crippen molar-refractivity contribution in [2.45, 2.75) is 6.92 Å². The van der Waals surface area contributed by atoms with E-state index in [0.717, 1.165) is 0 Å². The average molecular weight is 274 g/mol. The Morgan fingerprint density at radius 2 is 2.13 bits per heavy atom. The first-order valence-electron chi connectivity index (χ1n) is 4.00. The molecule has 1 aromatic rings. The van der Waals surface area contributed by atoms with Gasteiger partial charge in [-0.25, -0.2) is 4.79 Å². The molecule has 0 heterocycles. The van der Waals surface area contributed by atoms with Gasteiger partial charge in [-0.05, 0) is 19.1 Å². The van der Waals surface area contributed by atoms with Crippen molar-refractivity contribution in [3.8, 4) is 0 Å². The molecule has 1 rings (SSSR count). The zero-order chi connectivity index (χ0) is 11.6. The highest BCUT2D eigenvalue weighted by Crippen LogP contribution is 2.29. The van der Waals surface area contributed by atoms with Gasteiger partial charge in [0, 0.05) is 10.0 Å². The van der Waals surface area contributed by atoms with Gasteiger partial charge in [0.15, 0.2) is 0 Å². The molecule has 0 N–H and O–H groups in total. The highest BCUT2D eigenvalue weighted by atomic mass is 79.9. The number of hydrogen-bond donors (Lipinski definition) is 0. The SMILES string of the molecule is COC(=O)c1ccc(Br)c(C)c1[N+](=O)[O-]. The zero-order valence-corrected chi connectivity index (χ0v) is 9.70. The molecule has 0 bridgehead atoms. The van der Waals surface area contributed by atoms with Gasteiger partial charge in [0.25, 0.3) is 5.69 Å². The van der Waals surface area contributed by atoms with Crippen molar-refractivity contribution < 1.29 is 14.5 Å². The molecular weight excluding hydrogens is 266 g/mol. The Morgan fingerprint density at radius 3 is 2.60 bits per heavy atom. The summed E-state index contributed by atoms with van der Waals surface area (Å²) in [5.74, 6) is -0.711. The lowest BCUT2D eigenvalue weighted by atomic mass is 10.1. The van der Waals surface area contributed by atoms with Crippen LogP contribution < -0.4 is 0 Å². The van der Waals surface area contributed by atoms with E-state index in [1.54, 1.807) is 13.0 Å². The van der Waals surface area contributed by atoms with Crippen molar-refractivity contribution in [2.75, 3.05) is 7.11 Å². The molecule has 0 unspecified atom stereocenters. The van der Waals surface area contributed by atoms with Crippen molar-refractivity contribution in [3.63, 3.8) is 0 Å². The third-order valence-corrected chi connectivity index (χ3v) is 2.81. The molecule has 0 atom stereocenters. The third-order valence-electron chi connectivity index (χ3n) is 1.95. The molecule has 0 aliphatic rings. The van der Waals surface area contributed by atoms with Crippen LogP contribution in [0.4, 0.5) is 5.69 Å². The Hall–Kier alpha value is -1.43. The molecule has 5 nitrogen and oxygen atoms in total. The second kappa shape index (κ2) is 4.39. The number of nitro groups is 1. The van der Waals surface area contributed by atoms with E-state index >= 15 is 0 Å². The second-order valence-electron chi connectivity index (χ2n) is 2.82. The van der Waals surface area contributed by atoms with Gasteiger partial charge in [0.05, 0.1) is 12.0 Å². The molecule has 80 valence electrons. The lowest BCUT2D eigenvalue weighted by molar-refractivity contribution is -0.385. The molecule has 0 radical (unpaired) electrons. The summed E-state index contributed by atoms with van der Waals surface area (Å²) in [6.45, 7) is 1.56. The van der Waals surface area contributed by atoms with Crippen LogP contribution in [0.25, 0.3) is 0 Å². The number of carbonyl (C=O) groups excluding carboxylic acids is 1. The predicted octanol–water partition coefficient (Wildman–Crippen LogP) is 2.45. The van der Waals surface area contributed by atoms with Crippen molar-refractivity contribution in [2.24, 2.45) is 0 Å². The normalized spacial score (nSPS) is 9.80. The maximum atomic E-state index is 11.3. The number of methoxy groups -OCH3 is 1. The highest BCUT2D eigenvalue weighted by Gasteiger charge is 2.24. The Labute approximate surface area is 94.3 Å². The number of benzene rings is 1. The lowest BCUT2D eigenvalue weighted by Gasteiger charge is -2.04. The highest BCUT2D eigenvalue weighted by molar-refractivity contribution is 9.10. The maximum Gasteiger partial charge on any atom is 0.344 e. The standard InChI is InChI=1S/C9H8BrNO4/c1-5-7(10)4-3-6(9(12)15-2)8(5)11(13)14/h3-4H,1-2H3. The van der Waals surface area contributed by atoms with Crippen LogP contribution in [-0.2, 0) is 4.74 Å². The van der Waals surface area contributed by atoms with Crippen molar-refractivity contribution in [1.82, 2.24) is 0 Å². The molecule has 0 fully saturated rings. The van der Waals surface area contributed by atoms with Crippen molar-refractivity contribution in [3.05, 3.63) is 37.8 Å². The van der Waals surface area contributed by atoms with Crippen LogP contribution in [0.1, 0.15) is 15.9 Å².